The summed E-state index contributed by atoms with van der Waals surface area (Å²) in [5.74, 6) is 0.930. The van der Waals surface area contributed by atoms with Crippen LogP contribution in [-0.4, -0.2) is 37.7 Å². The second-order valence-electron chi connectivity index (χ2n) is 5.61. The molecule has 1 fully saturated rings. The normalized spacial score (nSPS) is 18.9. The van der Waals surface area contributed by atoms with Crippen molar-refractivity contribution in [3.05, 3.63) is 29.8 Å². The predicted molar refractivity (Wildman–Crippen MR) is 84.3 cm³/mol. The van der Waals surface area contributed by atoms with E-state index >= 15 is 0 Å². The van der Waals surface area contributed by atoms with Crippen LogP contribution in [0.5, 0.6) is 5.75 Å². The second kappa shape index (κ2) is 7.65. The average molecular weight is 276 g/mol. The Morgan fingerprint density at radius 3 is 2.35 bits per heavy atom. The van der Waals surface area contributed by atoms with Gasteiger partial charge in [-0.25, -0.2) is 0 Å². The minimum absolute atomic E-state index is 0.457. The first-order valence-electron chi connectivity index (χ1n) is 7.89. The highest BCUT2D eigenvalue weighted by Crippen LogP contribution is 2.22. The van der Waals surface area contributed by atoms with Gasteiger partial charge in [0.05, 0.1) is 7.11 Å². The SMILES string of the molecule is CCC(NC1CCN(CC)CC1)c1ccc(OC)cc1. The molecule has 0 radical (unpaired) electrons. The second-order valence-corrected chi connectivity index (χ2v) is 5.61. The molecule has 3 nitrogen and oxygen atoms in total. The highest BCUT2D eigenvalue weighted by Gasteiger charge is 2.20. The Morgan fingerprint density at radius 2 is 1.85 bits per heavy atom. The highest BCUT2D eigenvalue weighted by atomic mass is 16.5. The molecule has 0 aromatic heterocycles. The number of piperidine rings is 1. The number of rotatable bonds is 6. The summed E-state index contributed by atoms with van der Waals surface area (Å²) in [6.07, 6.45) is 3.65. The van der Waals surface area contributed by atoms with Crippen LogP contribution >= 0.6 is 0 Å². The molecule has 112 valence electrons. The summed E-state index contributed by atoms with van der Waals surface area (Å²) >= 11 is 0. The summed E-state index contributed by atoms with van der Waals surface area (Å²) in [6, 6.07) is 9.59. The van der Waals surface area contributed by atoms with E-state index in [0.29, 0.717) is 12.1 Å². The number of methoxy groups -OCH3 is 1. The van der Waals surface area contributed by atoms with E-state index in [1.165, 1.54) is 38.0 Å². The van der Waals surface area contributed by atoms with Crippen molar-refractivity contribution >= 4 is 0 Å². The lowest BCUT2D eigenvalue weighted by atomic mass is 9.99. The van der Waals surface area contributed by atoms with Gasteiger partial charge in [0.1, 0.15) is 5.75 Å². The van der Waals surface area contributed by atoms with E-state index in [1.54, 1.807) is 7.11 Å². The standard InChI is InChI=1S/C17H28N2O/c1-4-17(14-6-8-16(20-3)9-7-14)18-15-10-12-19(5-2)13-11-15/h6-9,15,17-18H,4-5,10-13H2,1-3H3. The van der Waals surface area contributed by atoms with Gasteiger partial charge in [-0.05, 0) is 56.6 Å². The lowest BCUT2D eigenvalue weighted by Gasteiger charge is -2.34. The molecule has 0 aliphatic carbocycles. The molecule has 0 spiro atoms. The number of benzene rings is 1. The number of nitrogens with one attached hydrogen (secondary N) is 1. The molecule has 0 bridgehead atoms. The molecule has 20 heavy (non-hydrogen) atoms. The molecular formula is C17H28N2O. The maximum absolute atomic E-state index is 5.23. The van der Waals surface area contributed by atoms with Crippen molar-refractivity contribution in [1.29, 1.82) is 0 Å². The van der Waals surface area contributed by atoms with E-state index in [4.69, 9.17) is 4.74 Å². The van der Waals surface area contributed by atoms with E-state index < -0.39 is 0 Å². The molecule has 3 heteroatoms. The third kappa shape index (κ3) is 3.97. The zero-order valence-corrected chi connectivity index (χ0v) is 13.1. The summed E-state index contributed by atoms with van der Waals surface area (Å²) in [6.45, 7) is 8.14. The Balaban J connectivity index is 1.91. The van der Waals surface area contributed by atoms with Crippen LogP contribution < -0.4 is 10.1 Å². The minimum Gasteiger partial charge on any atom is -0.497 e. The zero-order chi connectivity index (χ0) is 14.4. The quantitative estimate of drug-likeness (QED) is 0.863. The van der Waals surface area contributed by atoms with Crippen molar-refractivity contribution in [3.8, 4) is 5.75 Å². The van der Waals surface area contributed by atoms with Crippen molar-refractivity contribution in [3.63, 3.8) is 0 Å². The van der Waals surface area contributed by atoms with Gasteiger partial charge in [0.25, 0.3) is 0 Å². The zero-order valence-electron chi connectivity index (χ0n) is 13.1. The predicted octanol–water partition coefficient (Wildman–Crippen LogP) is 3.22. The van der Waals surface area contributed by atoms with Gasteiger partial charge in [-0.15, -0.1) is 0 Å². The van der Waals surface area contributed by atoms with Gasteiger partial charge in [0, 0.05) is 12.1 Å². The first-order valence-corrected chi connectivity index (χ1v) is 7.89. The topological polar surface area (TPSA) is 24.5 Å². The van der Waals surface area contributed by atoms with E-state index in [-0.39, 0.29) is 0 Å². The van der Waals surface area contributed by atoms with Crippen LogP contribution in [0.2, 0.25) is 0 Å². The lowest BCUT2D eigenvalue weighted by molar-refractivity contribution is 0.198. The van der Waals surface area contributed by atoms with E-state index in [0.717, 1.165) is 12.2 Å². The van der Waals surface area contributed by atoms with Gasteiger partial charge >= 0.3 is 0 Å². The molecule has 1 heterocycles. The fraction of sp³-hybridized carbons (Fsp3) is 0.647. The summed E-state index contributed by atoms with van der Waals surface area (Å²) in [4.78, 5) is 2.53. The Bertz CT molecular complexity index is 382. The maximum atomic E-state index is 5.23. The Morgan fingerprint density at radius 1 is 1.20 bits per heavy atom. The van der Waals surface area contributed by atoms with Gasteiger partial charge < -0.3 is 15.0 Å². The van der Waals surface area contributed by atoms with Crippen LogP contribution in [0.4, 0.5) is 0 Å². The third-order valence-electron chi connectivity index (χ3n) is 4.40. The van der Waals surface area contributed by atoms with Gasteiger partial charge in [0.15, 0.2) is 0 Å². The smallest absolute Gasteiger partial charge is 0.118 e. The molecule has 1 atom stereocenters. The van der Waals surface area contributed by atoms with Crippen LogP contribution in [0.1, 0.15) is 44.7 Å². The number of ether oxygens (including phenoxy) is 1. The largest absolute Gasteiger partial charge is 0.497 e. The molecule has 2 rings (SSSR count). The number of hydrogen-bond donors (Lipinski definition) is 1. The van der Waals surface area contributed by atoms with Crippen molar-refractivity contribution < 1.29 is 4.74 Å². The Kier molecular flexibility index (Phi) is 5.86. The van der Waals surface area contributed by atoms with Crippen molar-refractivity contribution in [2.24, 2.45) is 0 Å². The van der Waals surface area contributed by atoms with Gasteiger partial charge in [0.2, 0.25) is 0 Å². The van der Waals surface area contributed by atoms with E-state index in [2.05, 4.69) is 48.3 Å². The molecular weight excluding hydrogens is 248 g/mol. The summed E-state index contributed by atoms with van der Waals surface area (Å²) < 4.78 is 5.23. The minimum atomic E-state index is 0.457. The molecule has 1 aromatic rings. The molecule has 1 saturated heterocycles. The first kappa shape index (κ1) is 15.3. The Labute approximate surface area is 123 Å². The fourth-order valence-corrected chi connectivity index (χ4v) is 2.99. The molecule has 1 aromatic carbocycles. The van der Waals surface area contributed by atoms with Gasteiger partial charge in [-0.2, -0.15) is 0 Å². The van der Waals surface area contributed by atoms with Gasteiger partial charge in [-0.1, -0.05) is 26.0 Å². The molecule has 0 amide bonds. The maximum Gasteiger partial charge on any atom is 0.118 e. The van der Waals surface area contributed by atoms with E-state index in [9.17, 15) is 0 Å². The number of nitrogens with zero attached hydrogens (tertiary/aromatic N) is 1. The van der Waals surface area contributed by atoms with Crippen molar-refractivity contribution in [2.75, 3.05) is 26.7 Å². The fourth-order valence-electron chi connectivity index (χ4n) is 2.99. The summed E-state index contributed by atoms with van der Waals surface area (Å²) in [7, 11) is 1.71. The number of hydrogen-bond acceptors (Lipinski definition) is 3. The van der Waals surface area contributed by atoms with Crippen LogP contribution in [0.15, 0.2) is 24.3 Å². The van der Waals surface area contributed by atoms with Crippen molar-refractivity contribution in [1.82, 2.24) is 10.2 Å². The third-order valence-corrected chi connectivity index (χ3v) is 4.40. The van der Waals surface area contributed by atoms with Crippen molar-refractivity contribution in [2.45, 2.75) is 45.2 Å². The Hall–Kier alpha value is -1.06. The lowest BCUT2D eigenvalue weighted by Crippen LogP contribution is -2.43. The van der Waals surface area contributed by atoms with Crippen LogP contribution in [0, 0.1) is 0 Å². The van der Waals surface area contributed by atoms with E-state index in [1.807, 2.05) is 0 Å². The van der Waals surface area contributed by atoms with Crippen LogP contribution in [0.25, 0.3) is 0 Å². The summed E-state index contributed by atoms with van der Waals surface area (Å²) in [5, 5.41) is 3.84. The highest BCUT2D eigenvalue weighted by molar-refractivity contribution is 5.29. The monoisotopic (exact) mass is 276 g/mol. The van der Waals surface area contributed by atoms with Gasteiger partial charge in [-0.3, -0.25) is 0 Å². The molecule has 1 aliphatic rings. The first-order chi connectivity index (χ1) is 9.76. The van der Waals surface area contributed by atoms with Crippen LogP contribution in [0.3, 0.4) is 0 Å². The average Bonchev–Trinajstić information content (AvgIpc) is 2.53. The number of likely N-dealkylation sites (tertiary alicyclic amines) is 1. The molecule has 1 N–H and O–H groups in total. The summed E-state index contributed by atoms with van der Waals surface area (Å²) in [5.41, 5.74) is 1.37. The molecule has 1 unspecified atom stereocenters. The molecule has 1 aliphatic heterocycles. The molecule has 0 saturated carbocycles. The van der Waals surface area contributed by atoms with Crippen LogP contribution in [-0.2, 0) is 0 Å².